The van der Waals surface area contributed by atoms with Crippen molar-refractivity contribution in [1.82, 2.24) is 5.32 Å². The Bertz CT molecular complexity index is 310. The number of hydrogen-bond donors (Lipinski definition) is 3. The molecule has 14 heavy (non-hydrogen) atoms. The fourth-order valence-corrected chi connectivity index (χ4v) is 2.27. The molecule has 0 bridgehead atoms. The number of carboxylic acid groups (broad SMARTS) is 2. The maximum atomic E-state index is 10.8. The van der Waals surface area contributed by atoms with Gasteiger partial charge in [0.15, 0.2) is 0 Å². The Morgan fingerprint density at radius 1 is 1.50 bits per heavy atom. The van der Waals surface area contributed by atoms with E-state index in [2.05, 4.69) is 5.32 Å². The Hall–Kier alpha value is -1.17. The highest BCUT2D eigenvalue weighted by atomic mass is 32.2. The van der Waals surface area contributed by atoms with Crippen LogP contribution in [0.4, 0.5) is 0 Å². The lowest BCUT2D eigenvalue weighted by molar-refractivity contribution is -0.140. The molecule has 0 aromatic rings. The molecule has 0 amide bonds. The Kier molecular flexibility index (Phi) is 2.75. The first-order valence-corrected chi connectivity index (χ1v) is 4.77. The molecule has 6 heteroatoms. The normalized spacial score (nSPS) is 24.7. The SMILES string of the molecule is CC1(C)SC(C(=O)O)=CN[C@H]1C(=O)O. The van der Waals surface area contributed by atoms with Gasteiger partial charge in [0, 0.05) is 10.9 Å². The smallest absolute Gasteiger partial charge is 0.343 e. The topological polar surface area (TPSA) is 86.6 Å². The quantitative estimate of drug-likeness (QED) is 0.623. The van der Waals surface area contributed by atoms with Crippen LogP contribution in [-0.2, 0) is 9.59 Å². The molecule has 0 radical (unpaired) electrons. The standard InChI is InChI=1S/C8H11NO4S/c1-8(2)5(7(12)13)9-3-4(14-8)6(10)11/h3,5,9H,1-2H3,(H,10,11)(H,12,13)/t5-/m0/s1. The molecule has 3 N–H and O–H groups in total. The van der Waals surface area contributed by atoms with Crippen LogP contribution >= 0.6 is 11.8 Å². The van der Waals surface area contributed by atoms with E-state index < -0.39 is 22.7 Å². The van der Waals surface area contributed by atoms with Crippen LogP contribution in [0.15, 0.2) is 11.1 Å². The summed E-state index contributed by atoms with van der Waals surface area (Å²) in [6, 6.07) is -0.768. The van der Waals surface area contributed by atoms with Crippen LogP contribution in [-0.4, -0.2) is 32.9 Å². The van der Waals surface area contributed by atoms with E-state index in [4.69, 9.17) is 10.2 Å². The molecule has 78 valence electrons. The molecule has 0 fully saturated rings. The molecular formula is C8H11NO4S. The molecule has 0 saturated heterocycles. The first kappa shape index (κ1) is 10.9. The Labute approximate surface area is 85.2 Å². The third kappa shape index (κ3) is 2.01. The molecule has 5 nitrogen and oxygen atoms in total. The van der Waals surface area contributed by atoms with Crippen molar-refractivity contribution in [2.45, 2.75) is 24.6 Å². The molecule has 0 unspecified atom stereocenters. The largest absolute Gasteiger partial charge is 0.480 e. The van der Waals surface area contributed by atoms with Crippen molar-refractivity contribution >= 4 is 23.7 Å². The fourth-order valence-electron chi connectivity index (χ4n) is 1.21. The van der Waals surface area contributed by atoms with Gasteiger partial charge < -0.3 is 15.5 Å². The van der Waals surface area contributed by atoms with Gasteiger partial charge in [-0.2, -0.15) is 0 Å². The summed E-state index contributed by atoms with van der Waals surface area (Å²) in [6.07, 6.45) is 1.23. The zero-order chi connectivity index (χ0) is 10.9. The van der Waals surface area contributed by atoms with Crippen molar-refractivity contribution in [3.05, 3.63) is 11.1 Å². The van der Waals surface area contributed by atoms with Crippen molar-refractivity contribution in [1.29, 1.82) is 0 Å². The summed E-state index contributed by atoms with van der Waals surface area (Å²) >= 11 is 1.05. The number of aliphatic carboxylic acids is 2. The summed E-state index contributed by atoms with van der Waals surface area (Å²) in [5.41, 5.74) is 0. The van der Waals surface area contributed by atoms with Crippen LogP contribution in [0.1, 0.15) is 13.8 Å². The molecule has 1 aliphatic heterocycles. The van der Waals surface area contributed by atoms with Crippen LogP contribution in [0.25, 0.3) is 0 Å². The minimum atomic E-state index is -1.04. The highest BCUT2D eigenvalue weighted by molar-refractivity contribution is 8.05. The zero-order valence-electron chi connectivity index (χ0n) is 7.77. The average Bonchev–Trinajstić information content (AvgIpc) is 2.01. The first-order valence-electron chi connectivity index (χ1n) is 3.96. The summed E-state index contributed by atoms with van der Waals surface area (Å²) in [4.78, 5) is 21.6. The van der Waals surface area contributed by atoms with Gasteiger partial charge >= 0.3 is 11.9 Å². The van der Waals surface area contributed by atoms with Crippen molar-refractivity contribution < 1.29 is 19.8 Å². The van der Waals surface area contributed by atoms with Crippen molar-refractivity contribution in [2.75, 3.05) is 0 Å². The van der Waals surface area contributed by atoms with Crippen LogP contribution in [0.5, 0.6) is 0 Å². The summed E-state index contributed by atoms with van der Waals surface area (Å²) < 4.78 is -0.672. The summed E-state index contributed by atoms with van der Waals surface area (Å²) in [6.45, 7) is 3.39. The number of thioether (sulfide) groups is 1. The van der Waals surface area contributed by atoms with E-state index in [1.54, 1.807) is 13.8 Å². The van der Waals surface area contributed by atoms with Gasteiger partial charge in [0.2, 0.25) is 0 Å². The predicted molar refractivity (Wildman–Crippen MR) is 51.9 cm³/mol. The van der Waals surface area contributed by atoms with E-state index in [0.717, 1.165) is 11.8 Å². The minimum absolute atomic E-state index is 0.132. The van der Waals surface area contributed by atoms with Crippen LogP contribution in [0.3, 0.4) is 0 Å². The molecule has 0 aromatic heterocycles. The van der Waals surface area contributed by atoms with E-state index in [0.29, 0.717) is 0 Å². The second-order valence-corrected chi connectivity index (χ2v) is 5.15. The lowest BCUT2D eigenvalue weighted by Gasteiger charge is -2.34. The van der Waals surface area contributed by atoms with Gasteiger partial charge in [0.1, 0.15) is 10.9 Å². The van der Waals surface area contributed by atoms with E-state index in [1.165, 1.54) is 6.20 Å². The average molecular weight is 217 g/mol. The lowest BCUT2D eigenvalue weighted by Crippen LogP contribution is -2.50. The summed E-state index contributed by atoms with van der Waals surface area (Å²) in [5.74, 6) is -2.03. The first-order chi connectivity index (χ1) is 6.34. The Morgan fingerprint density at radius 3 is 2.43 bits per heavy atom. The number of rotatable bonds is 2. The third-order valence-electron chi connectivity index (χ3n) is 1.91. The summed E-state index contributed by atoms with van der Waals surface area (Å²) in [7, 11) is 0. The number of carbonyl (C=O) groups is 2. The van der Waals surface area contributed by atoms with Gasteiger partial charge in [-0.15, -0.1) is 11.8 Å². The molecule has 1 rings (SSSR count). The predicted octanol–water partition coefficient (Wildman–Crippen LogP) is 0.481. The molecule has 1 heterocycles. The second-order valence-electron chi connectivity index (χ2n) is 3.46. The second kappa shape index (κ2) is 3.53. The number of hydrogen-bond acceptors (Lipinski definition) is 4. The van der Waals surface area contributed by atoms with Gasteiger partial charge in [-0.3, -0.25) is 0 Å². The number of nitrogens with one attached hydrogen (secondary N) is 1. The van der Waals surface area contributed by atoms with Crippen LogP contribution in [0, 0.1) is 0 Å². The van der Waals surface area contributed by atoms with E-state index in [1.807, 2.05) is 0 Å². The van der Waals surface area contributed by atoms with Crippen LogP contribution in [0.2, 0.25) is 0 Å². The van der Waals surface area contributed by atoms with E-state index in [9.17, 15) is 9.59 Å². The molecule has 0 aliphatic carbocycles. The zero-order valence-corrected chi connectivity index (χ0v) is 8.59. The highest BCUT2D eigenvalue weighted by Crippen LogP contribution is 2.37. The number of carboxylic acids is 2. The monoisotopic (exact) mass is 217 g/mol. The molecular weight excluding hydrogens is 206 g/mol. The Balaban J connectivity index is 2.91. The third-order valence-corrected chi connectivity index (χ3v) is 3.18. The van der Waals surface area contributed by atoms with Crippen LogP contribution < -0.4 is 5.32 Å². The molecule has 0 aromatic carbocycles. The molecule has 1 atom stereocenters. The van der Waals surface area contributed by atoms with Crippen molar-refractivity contribution in [2.24, 2.45) is 0 Å². The maximum Gasteiger partial charge on any atom is 0.343 e. The van der Waals surface area contributed by atoms with Gasteiger partial charge in [0.25, 0.3) is 0 Å². The molecule has 1 aliphatic rings. The Morgan fingerprint density at radius 2 is 2.07 bits per heavy atom. The maximum absolute atomic E-state index is 10.8. The van der Waals surface area contributed by atoms with Gasteiger partial charge in [-0.1, -0.05) is 0 Å². The van der Waals surface area contributed by atoms with E-state index >= 15 is 0 Å². The minimum Gasteiger partial charge on any atom is -0.480 e. The van der Waals surface area contributed by atoms with Gasteiger partial charge in [-0.05, 0) is 13.8 Å². The lowest BCUT2D eigenvalue weighted by atomic mass is 10.0. The highest BCUT2D eigenvalue weighted by Gasteiger charge is 2.40. The molecule has 0 saturated carbocycles. The van der Waals surface area contributed by atoms with Crippen molar-refractivity contribution in [3.8, 4) is 0 Å². The summed E-state index contributed by atoms with van der Waals surface area (Å²) in [5, 5.41) is 20.1. The van der Waals surface area contributed by atoms with Crippen molar-refractivity contribution in [3.63, 3.8) is 0 Å². The molecule has 0 spiro atoms. The van der Waals surface area contributed by atoms with Gasteiger partial charge in [0.05, 0.1) is 0 Å². The fraction of sp³-hybridized carbons (Fsp3) is 0.500. The van der Waals surface area contributed by atoms with E-state index in [-0.39, 0.29) is 4.91 Å². The van der Waals surface area contributed by atoms with Gasteiger partial charge in [-0.25, -0.2) is 9.59 Å².